The van der Waals surface area contributed by atoms with Crippen LogP contribution in [-0.4, -0.2) is 39.6 Å². The monoisotopic (exact) mass is 458 g/mol. The molecule has 0 radical (unpaired) electrons. The molecule has 0 aliphatic carbocycles. The number of carboxylic acids is 1. The second-order valence-corrected chi connectivity index (χ2v) is 9.28. The molecule has 0 saturated heterocycles. The maximum Gasteiger partial charge on any atom is 0.305 e. The lowest BCUT2D eigenvalue weighted by Crippen LogP contribution is -2.27. The number of benzene rings is 2. The van der Waals surface area contributed by atoms with Gasteiger partial charge in [0.25, 0.3) is 0 Å². The van der Waals surface area contributed by atoms with Crippen LogP contribution in [-0.2, 0) is 34.2 Å². The maximum atomic E-state index is 12.7. The van der Waals surface area contributed by atoms with Crippen molar-refractivity contribution in [2.45, 2.75) is 50.1 Å². The van der Waals surface area contributed by atoms with Crippen LogP contribution >= 0.6 is 0 Å². The van der Waals surface area contributed by atoms with E-state index in [0.717, 1.165) is 24.0 Å². The number of carbonyl (C=O) groups is 1. The summed E-state index contributed by atoms with van der Waals surface area (Å²) in [5.41, 5.74) is 2.32. The van der Waals surface area contributed by atoms with E-state index in [2.05, 4.69) is 22.0 Å². The van der Waals surface area contributed by atoms with Crippen LogP contribution in [0.5, 0.6) is 5.75 Å². The van der Waals surface area contributed by atoms with Crippen LogP contribution in [0.25, 0.3) is 0 Å². The summed E-state index contributed by atoms with van der Waals surface area (Å²) in [6.07, 6.45) is 3.38. The van der Waals surface area contributed by atoms with Gasteiger partial charge in [-0.1, -0.05) is 42.8 Å². The van der Waals surface area contributed by atoms with Crippen molar-refractivity contribution in [3.63, 3.8) is 0 Å². The fourth-order valence-corrected chi connectivity index (χ4v) is 4.42. The van der Waals surface area contributed by atoms with Gasteiger partial charge in [-0.3, -0.25) is 4.79 Å². The largest absolute Gasteiger partial charge is 0.508 e. The molecule has 0 bridgehead atoms. The number of phenolic OH excluding ortho intramolecular Hbond substituents is 1. The van der Waals surface area contributed by atoms with Gasteiger partial charge in [-0.25, -0.2) is 17.8 Å². The summed E-state index contributed by atoms with van der Waals surface area (Å²) in [4.78, 5) is 11.6. The van der Waals surface area contributed by atoms with E-state index < -0.39 is 22.0 Å². The Morgan fingerprint density at radius 1 is 1.09 bits per heavy atom. The van der Waals surface area contributed by atoms with Crippen molar-refractivity contribution in [2.75, 3.05) is 0 Å². The minimum absolute atomic E-state index is 0.0856. The molecule has 9 nitrogen and oxygen atoms in total. The first-order valence-corrected chi connectivity index (χ1v) is 11.7. The predicted molar refractivity (Wildman–Crippen MR) is 118 cm³/mol. The van der Waals surface area contributed by atoms with Crippen LogP contribution in [0.3, 0.4) is 0 Å². The lowest BCUT2D eigenvalue weighted by Gasteiger charge is -2.18. The Kier molecular flexibility index (Phi) is 7.60. The lowest BCUT2D eigenvalue weighted by molar-refractivity contribution is -0.138. The SMILES string of the molecule is CCCc1ccc(S(=O)(=O)NCc2cnnn2[C@H](CC(=O)O)Cc2ccc(O)cc2)cc1. The summed E-state index contributed by atoms with van der Waals surface area (Å²) in [5.74, 6) is -0.898. The molecular formula is C22H26N4O5S. The summed E-state index contributed by atoms with van der Waals surface area (Å²) in [6, 6.07) is 12.6. The summed E-state index contributed by atoms with van der Waals surface area (Å²) in [6.45, 7) is 1.97. The average Bonchev–Trinajstić information content (AvgIpc) is 3.22. The fraction of sp³-hybridized carbons (Fsp3) is 0.318. The number of nitrogens with one attached hydrogen (secondary N) is 1. The molecule has 3 N–H and O–H groups in total. The Bertz CT molecular complexity index is 1140. The molecule has 3 rings (SSSR count). The topological polar surface area (TPSA) is 134 Å². The van der Waals surface area contributed by atoms with Crippen molar-refractivity contribution in [1.29, 1.82) is 0 Å². The first-order valence-electron chi connectivity index (χ1n) is 10.3. The summed E-state index contributed by atoms with van der Waals surface area (Å²) < 4.78 is 29.4. The zero-order chi connectivity index (χ0) is 23.1. The van der Waals surface area contributed by atoms with Gasteiger partial charge in [0.2, 0.25) is 10.0 Å². The standard InChI is InChI=1S/C22H26N4O5S/c1-2-3-16-6-10-21(11-7-16)32(30,31)24-15-19-14-23-25-26(19)18(13-22(28)29)12-17-4-8-20(27)9-5-17/h4-11,14,18,24,27H,2-3,12-13,15H2,1H3,(H,28,29)/t18-/m0/s1. The Hall–Kier alpha value is -3.24. The highest BCUT2D eigenvalue weighted by Crippen LogP contribution is 2.21. The number of rotatable bonds is 11. The Morgan fingerprint density at radius 3 is 2.38 bits per heavy atom. The number of hydrogen-bond donors (Lipinski definition) is 3. The highest BCUT2D eigenvalue weighted by atomic mass is 32.2. The number of aliphatic carboxylic acids is 1. The minimum atomic E-state index is -3.76. The summed E-state index contributed by atoms with van der Waals surface area (Å²) >= 11 is 0. The minimum Gasteiger partial charge on any atom is -0.508 e. The van der Waals surface area contributed by atoms with Crippen LogP contribution in [0.4, 0.5) is 0 Å². The van der Waals surface area contributed by atoms with Gasteiger partial charge >= 0.3 is 5.97 Å². The number of nitrogens with zero attached hydrogens (tertiary/aromatic N) is 3. The number of aromatic hydroxyl groups is 1. The van der Waals surface area contributed by atoms with Crippen LogP contribution < -0.4 is 4.72 Å². The van der Waals surface area contributed by atoms with Crippen molar-refractivity contribution in [3.8, 4) is 5.75 Å². The van der Waals surface area contributed by atoms with Gasteiger partial charge in [-0.2, -0.15) is 0 Å². The van der Waals surface area contributed by atoms with Gasteiger partial charge in [-0.05, 0) is 48.2 Å². The number of phenols is 1. The third kappa shape index (κ3) is 6.14. The van der Waals surface area contributed by atoms with Crippen molar-refractivity contribution < 1.29 is 23.4 Å². The van der Waals surface area contributed by atoms with E-state index in [-0.39, 0.29) is 23.6 Å². The van der Waals surface area contributed by atoms with E-state index in [9.17, 15) is 23.4 Å². The normalized spacial score (nSPS) is 12.5. The van der Waals surface area contributed by atoms with E-state index in [1.54, 1.807) is 36.4 Å². The smallest absolute Gasteiger partial charge is 0.305 e. The zero-order valence-corrected chi connectivity index (χ0v) is 18.5. The molecule has 0 spiro atoms. The molecule has 0 fully saturated rings. The fourth-order valence-electron chi connectivity index (χ4n) is 3.43. The van der Waals surface area contributed by atoms with E-state index >= 15 is 0 Å². The average molecular weight is 459 g/mol. The second kappa shape index (κ2) is 10.4. The number of hydrogen-bond acceptors (Lipinski definition) is 6. The third-order valence-electron chi connectivity index (χ3n) is 5.03. The van der Waals surface area contributed by atoms with Gasteiger partial charge in [0.1, 0.15) is 5.75 Å². The maximum absolute atomic E-state index is 12.7. The Labute approximate surface area is 186 Å². The molecule has 1 atom stereocenters. The highest BCUT2D eigenvalue weighted by molar-refractivity contribution is 7.89. The molecule has 1 heterocycles. The lowest BCUT2D eigenvalue weighted by atomic mass is 10.0. The quantitative estimate of drug-likeness (QED) is 0.402. The van der Waals surface area contributed by atoms with E-state index in [1.807, 2.05) is 0 Å². The second-order valence-electron chi connectivity index (χ2n) is 7.51. The van der Waals surface area contributed by atoms with E-state index in [1.165, 1.54) is 23.0 Å². The van der Waals surface area contributed by atoms with Gasteiger partial charge < -0.3 is 10.2 Å². The Morgan fingerprint density at radius 2 is 1.75 bits per heavy atom. The van der Waals surface area contributed by atoms with Gasteiger partial charge in [0, 0.05) is 0 Å². The summed E-state index contributed by atoms with van der Waals surface area (Å²) in [5, 5.41) is 26.7. The molecular weight excluding hydrogens is 432 g/mol. The number of aromatic nitrogens is 3. The Balaban J connectivity index is 1.76. The van der Waals surface area contributed by atoms with Crippen molar-refractivity contribution in [1.82, 2.24) is 19.7 Å². The first kappa shape index (κ1) is 23.4. The molecule has 10 heteroatoms. The van der Waals surface area contributed by atoms with Crippen LogP contribution in [0.1, 0.15) is 42.6 Å². The van der Waals surface area contributed by atoms with Crippen LogP contribution in [0.2, 0.25) is 0 Å². The number of sulfonamides is 1. The van der Waals surface area contributed by atoms with E-state index in [0.29, 0.717) is 12.1 Å². The predicted octanol–water partition coefficient (Wildman–Crippen LogP) is 2.67. The van der Waals surface area contributed by atoms with E-state index in [4.69, 9.17) is 0 Å². The molecule has 0 unspecified atom stereocenters. The van der Waals surface area contributed by atoms with Crippen LogP contribution in [0, 0.1) is 0 Å². The molecule has 0 saturated carbocycles. The number of aryl methyl sites for hydroxylation is 1. The van der Waals surface area contributed by atoms with Crippen molar-refractivity contribution in [3.05, 3.63) is 71.5 Å². The number of carboxylic acid groups (broad SMARTS) is 1. The molecule has 1 aromatic heterocycles. The van der Waals surface area contributed by atoms with Crippen molar-refractivity contribution >= 4 is 16.0 Å². The molecule has 170 valence electrons. The molecule has 32 heavy (non-hydrogen) atoms. The highest BCUT2D eigenvalue weighted by Gasteiger charge is 2.22. The molecule has 0 aliphatic rings. The molecule has 3 aromatic rings. The van der Waals surface area contributed by atoms with Gasteiger partial charge in [-0.15, -0.1) is 5.10 Å². The molecule has 0 amide bonds. The van der Waals surface area contributed by atoms with Gasteiger partial charge in [0.15, 0.2) is 0 Å². The van der Waals surface area contributed by atoms with Gasteiger partial charge in [0.05, 0.1) is 35.8 Å². The molecule has 2 aromatic carbocycles. The first-order chi connectivity index (χ1) is 15.3. The zero-order valence-electron chi connectivity index (χ0n) is 17.7. The van der Waals surface area contributed by atoms with Crippen molar-refractivity contribution in [2.24, 2.45) is 0 Å². The summed E-state index contributed by atoms with van der Waals surface area (Å²) in [7, 11) is -3.76. The third-order valence-corrected chi connectivity index (χ3v) is 6.45. The van der Waals surface area contributed by atoms with Crippen LogP contribution in [0.15, 0.2) is 59.6 Å². The molecule has 0 aliphatic heterocycles.